The number of halogens is 1. The predicted octanol–water partition coefficient (Wildman–Crippen LogP) is 2.89. The van der Waals surface area contributed by atoms with Gasteiger partial charge in [-0.3, -0.25) is 4.98 Å². The molecule has 64 valence electrons. The van der Waals surface area contributed by atoms with E-state index in [4.69, 9.17) is 0 Å². The monoisotopic (exact) mass is 225 g/mol. The summed E-state index contributed by atoms with van der Waals surface area (Å²) in [4.78, 5) is 4.42. The van der Waals surface area contributed by atoms with Gasteiger partial charge >= 0.3 is 0 Å². The van der Waals surface area contributed by atoms with Crippen LogP contribution in [0, 0.1) is 12.8 Å². The van der Waals surface area contributed by atoms with Crippen molar-refractivity contribution in [3.05, 3.63) is 29.6 Å². The molecule has 12 heavy (non-hydrogen) atoms. The second kappa shape index (κ2) is 3.17. The molecule has 0 N–H and O–H groups in total. The first-order chi connectivity index (χ1) is 5.81. The van der Waals surface area contributed by atoms with E-state index in [1.165, 1.54) is 17.7 Å². The van der Waals surface area contributed by atoms with Crippen LogP contribution >= 0.6 is 15.9 Å². The number of rotatable bonds is 2. The highest BCUT2D eigenvalue weighted by Gasteiger charge is 2.37. The number of hydrogen-bond acceptors (Lipinski definition) is 1. The number of alkyl halides is 1. The topological polar surface area (TPSA) is 12.9 Å². The van der Waals surface area contributed by atoms with Gasteiger partial charge in [-0.1, -0.05) is 22.0 Å². The highest BCUT2D eigenvalue weighted by atomic mass is 79.9. The Labute approximate surface area is 81.3 Å². The van der Waals surface area contributed by atoms with E-state index in [-0.39, 0.29) is 0 Å². The van der Waals surface area contributed by atoms with E-state index < -0.39 is 0 Å². The minimum Gasteiger partial charge on any atom is -0.261 e. The van der Waals surface area contributed by atoms with Crippen LogP contribution in [0.15, 0.2) is 18.3 Å². The van der Waals surface area contributed by atoms with Crippen LogP contribution in [0.5, 0.6) is 0 Å². The molecule has 2 unspecified atom stereocenters. The first-order valence-electron chi connectivity index (χ1n) is 4.30. The van der Waals surface area contributed by atoms with Gasteiger partial charge in [0.1, 0.15) is 0 Å². The standard InChI is InChI=1S/C10H12BrN/c1-7-2-3-10(12-6-7)9-4-8(9)5-11/h2-3,6,8-9H,4-5H2,1H3. The quantitative estimate of drug-likeness (QED) is 0.706. The van der Waals surface area contributed by atoms with E-state index in [0.29, 0.717) is 0 Å². The molecule has 0 radical (unpaired) electrons. The normalized spacial score (nSPS) is 27.2. The molecule has 1 fully saturated rings. The first-order valence-corrected chi connectivity index (χ1v) is 5.42. The molecule has 2 rings (SSSR count). The maximum absolute atomic E-state index is 4.42. The lowest BCUT2D eigenvalue weighted by Gasteiger charge is -1.97. The summed E-state index contributed by atoms with van der Waals surface area (Å²) >= 11 is 3.50. The van der Waals surface area contributed by atoms with E-state index in [0.717, 1.165) is 17.2 Å². The Morgan fingerprint density at radius 1 is 1.58 bits per heavy atom. The minimum atomic E-state index is 0.727. The molecular formula is C10H12BrN. The fourth-order valence-electron chi connectivity index (χ4n) is 1.48. The molecule has 0 aliphatic heterocycles. The van der Waals surface area contributed by atoms with Gasteiger partial charge in [0.25, 0.3) is 0 Å². The van der Waals surface area contributed by atoms with Crippen molar-refractivity contribution in [2.24, 2.45) is 5.92 Å². The zero-order valence-electron chi connectivity index (χ0n) is 7.13. The van der Waals surface area contributed by atoms with Crippen molar-refractivity contribution in [1.82, 2.24) is 4.98 Å². The molecule has 1 aromatic heterocycles. The van der Waals surface area contributed by atoms with E-state index in [9.17, 15) is 0 Å². The Hall–Kier alpha value is -0.370. The smallest absolute Gasteiger partial charge is 0.0437 e. The summed E-state index contributed by atoms with van der Waals surface area (Å²) in [5, 5.41) is 1.12. The van der Waals surface area contributed by atoms with Gasteiger partial charge in [0.05, 0.1) is 0 Å². The van der Waals surface area contributed by atoms with Gasteiger partial charge < -0.3 is 0 Å². The van der Waals surface area contributed by atoms with Gasteiger partial charge in [-0.05, 0) is 30.9 Å². The average Bonchev–Trinajstić information content (AvgIpc) is 2.85. The van der Waals surface area contributed by atoms with E-state index in [1.807, 2.05) is 6.20 Å². The molecule has 0 saturated heterocycles. The van der Waals surface area contributed by atoms with Crippen molar-refractivity contribution in [3.8, 4) is 0 Å². The van der Waals surface area contributed by atoms with Crippen LogP contribution in [-0.4, -0.2) is 10.3 Å². The lowest BCUT2D eigenvalue weighted by molar-refractivity contribution is 0.900. The number of nitrogens with zero attached hydrogens (tertiary/aromatic N) is 1. The Bertz CT molecular complexity index is 268. The van der Waals surface area contributed by atoms with Gasteiger partial charge in [0.15, 0.2) is 0 Å². The van der Waals surface area contributed by atoms with Gasteiger partial charge in [-0.25, -0.2) is 0 Å². The molecule has 1 aliphatic carbocycles. The third-order valence-electron chi connectivity index (χ3n) is 2.43. The lowest BCUT2D eigenvalue weighted by atomic mass is 10.2. The molecular weight excluding hydrogens is 214 g/mol. The van der Waals surface area contributed by atoms with Crippen LogP contribution in [0.1, 0.15) is 23.6 Å². The predicted molar refractivity (Wildman–Crippen MR) is 53.6 cm³/mol. The molecule has 0 bridgehead atoms. The molecule has 1 aliphatic rings. The Morgan fingerprint density at radius 2 is 2.42 bits per heavy atom. The van der Waals surface area contributed by atoms with Crippen LogP contribution in [-0.2, 0) is 0 Å². The Morgan fingerprint density at radius 3 is 2.92 bits per heavy atom. The summed E-state index contributed by atoms with van der Waals surface area (Å²) < 4.78 is 0. The molecule has 2 atom stereocenters. The maximum atomic E-state index is 4.42. The summed E-state index contributed by atoms with van der Waals surface area (Å²) in [6, 6.07) is 4.30. The highest BCUT2D eigenvalue weighted by molar-refractivity contribution is 9.09. The van der Waals surface area contributed by atoms with Gasteiger partial charge in [0.2, 0.25) is 0 Å². The molecule has 1 aromatic rings. The minimum absolute atomic E-state index is 0.727. The average molecular weight is 226 g/mol. The summed E-state index contributed by atoms with van der Waals surface area (Å²) in [7, 11) is 0. The van der Waals surface area contributed by atoms with Crippen LogP contribution in [0.3, 0.4) is 0 Å². The van der Waals surface area contributed by atoms with Crippen molar-refractivity contribution < 1.29 is 0 Å². The van der Waals surface area contributed by atoms with Crippen molar-refractivity contribution in [3.63, 3.8) is 0 Å². The van der Waals surface area contributed by atoms with E-state index in [2.05, 4.69) is 40.0 Å². The summed E-state index contributed by atoms with van der Waals surface area (Å²) in [6.45, 7) is 2.08. The van der Waals surface area contributed by atoms with E-state index in [1.54, 1.807) is 0 Å². The molecule has 1 saturated carbocycles. The lowest BCUT2D eigenvalue weighted by Crippen LogP contribution is -1.89. The van der Waals surface area contributed by atoms with Crippen LogP contribution in [0.25, 0.3) is 0 Å². The van der Waals surface area contributed by atoms with Crippen molar-refractivity contribution >= 4 is 15.9 Å². The third kappa shape index (κ3) is 1.53. The van der Waals surface area contributed by atoms with Crippen molar-refractivity contribution in [2.75, 3.05) is 5.33 Å². The van der Waals surface area contributed by atoms with Crippen molar-refractivity contribution in [1.29, 1.82) is 0 Å². The highest BCUT2D eigenvalue weighted by Crippen LogP contribution is 2.47. The fourth-order valence-corrected chi connectivity index (χ4v) is 2.19. The second-order valence-electron chi connectivity index (χ2n) is 3.52. The van der Waals surface area contributed by atoms with Crippen LogP contribution in [0.2, 0.25) is 0 Å². The molecule has 0 amide bonds. The number of aryl methyl sites for hydroxylation is 1. The Kier molecular flexibility index (Phi) is 2.18. The summed E-state index contributed by atoms with van der Waals surface area (Å²) in [5.41, 5.74) is 2.51. The molecule has 1 nitrogen and oxygen atoms in total. The fraction of sp³-hybridized carbons (Fsp3) is 0.500. The largest absolute Gasteiger partial charge is 0.261 e. The first kappa shape index (κ1) is 8.24. The number of aromatic nitrogens is 1. The van der Waals surface area contributed by atoms with Gasteiger partial charge in [0, 0.05) is 23.1 Å². The van der Waals surface area contributed by atoms with Gasteiger partial charge in [-0.15, -0.1) is 0 Å². The second-order valence-corrected chi connectivity index (χ2v) is 4.16. The number of hydrogen-bond donors (Lipinski definition) is 0. The zero-order valence-corrected chi connectivity index (χ0v) is 8.71. The van der Waals surface area contributed by atoms with Crippen LogP contribution < -0.4 is 0 Å². The molecule has 0 aromatic carbocycles. The number of pyridine rings is 1. The Balaban J connectivity index is 2.10. The van der Waals surface area contributed by atoms with Gasteiger partial charge in [-0.2, -0.15) is 0 Å². The zero-order chi connectivity index (χ0) is 8.55. The summed E-state index contributed by atoms with van der Waals surface area (Å²) in [6.07, 6.45) is 3.26. The molecule has 0 spiro atoms. The molecule has 1 heterocycles. The summed E-state index contributed by atoms with van der Waals surface area (Å²) in [5.74, 6) is 1.56. The maximum Gasteiger partial charge on any atom is 0.0437 e. The van der Waals surface area contributed by atoms with E-state index >= 15 is 0 Å². The SMILES string of the molecule is Cc1ccc(C2CC2CBr)nc1. The van der Waals surface area contributed by atoms with Crippen molar-refractivity contribution in [2.45, 2.75) is 19.3 Å². The third-order valence-corrected chi connectivity index (χ3v) is 3.27. The molecule has 2 heteroatoms. The van der Waals surface area contributed by atoms with Crippen LogP contribution in [0.4, 0.5) is 0 Å².